The minimum Gasteiger partial charge on any atom is -0.393 e. The molecule has 2 aliphatic carbocycles. The molecule has 0 radical (unpaired) electrons. The van der Waals surface area contributed by atoms with Crippen LogP contribution >= 0.6 is 0 Å². The van der Waals surface area contributed by atoms with E-state index < -0.39 is 0 Å². The molecule has 2 N–H and O–H groups in total. The van der Waals surface area contributed by atoms with Crippen LogP contribution in [0.2, 0.25) is 0 Å². The number of aliphatic hydroxyl groups is 1. The lowest BCUT2D eigenvalue weighted by molar-refractivity contribution is 0.0929. The van der Waals surface area contributed by atoms with Crippen LogP contribution in [0.3, 0.4) is 0 Å². The van der Waals surface area contributed by atoms with Crippen LogP contribution in [0.25, 0.3) is 0 Å². The van der Waals surface area contributed by atoms with Crippen molar-refractivity contribution >= 4 is 5.91 Å². The van der Waals surface area contributed by atoms with Gasteiger partial charge in [-0.1, -0.05) is 0 Å². The number of fused-ring (bicyclic) bond motifs is 1. The van der Waals surface area contributed by atoms with Crippen molar-refractivity contribution in [2.45, 2.75) is 31.9 Å². The molecule has 0 aliphatic heterocycles. The van der Waals surface area contributed by atoms with E-state index in [1.807, 2.05) is 13.0 Å². The first-order valence-electron chi connectivity index (χ1n) is 7.09. The van der Waals surface area contributed by atoms with Crippen LogP contribution in [0.1, 0.15) is 35.7 Å². The van der Waals surface area contributed by atoms with Crippen molar-refractivity contribution in [1.82, 2.24) is 5.32 Å². The zero-order valence-electron chi connectivity index (χ0n) is 11.4. The van der Waals surface area contributed by atoms with Crippen LogP contribution in [0, 0.1) is 29.1 Å². The van der Waals surface area contributed by atoms with Gasteiger partial charge in [0.15, 0.2) is 0 Å². The average molecular weight is 270 g/mol. The standard InChI is InChI=1S/C16H18N2O2/c1-9(15-13-6-12(19)7-14(13)15)18-16(20)11-4-2-10(8-17)3-5-11/h2-5,9,12-15,19H,6-7H2,1H3,(H,18,20)/t9-,12-,13-,14+,15+/m1/s1. The fourth-order valence-corrected chi connectivity index (χ4v) is 3.69. The van der Waals surface area contributed by atoms with E-state index in [9.17, 15) is 9.90 Å². The Morgan fingerprint density at radius 3 is 2.50 bits per heavy atom. The molecule has 1 aromatic carbocycles. The number of amides is 1. The molecule has 4 heteroatoms. The molecule has 0 heterocycles. The number of hydrogen-bond donors (Lipinski definition) is 2. The molecule has 2 aliphatic rings. The van der Waals surface area contributed by atoms with E-state index in [0.29, 0.717) is 28.9 Å². The van der Waals surface area contributed by atoms with Crippen LogP contribution in [0.5, 0.6) is 0 Å². The smallest absolute Gasteiger partial charge is 0.251 e. The first kappa shape index (κ1) is 13.1. The molecule has 20 heavy (non-hydrogen) atoms. The molecule has 0 unspecified atom stereocenters. The topological polar surface area (TPSA) is 73.1 Å². The molecule has 0 saturated heterocycles. The molecular weight excluding hydrogens is 252 g/mol. The Hall–Kier alpha value is -1.86. The monoisotopic (exact) mass is 270 g/mol. The summed E-state index contributed by atoms with van der Waals surface area (Å²) in [5.41, 5.74) is 1.14. The van der Waals surface area contributed by atoms with E-state index in [1.165, 1.54) is 0 Å². The first-order valence-corrected chi connectivity index (χ1v) is 7.09. The van der Waals surface area contributed by atoms with Crippen molar-refractivity contribution in [3.8, 4) is 6.07 Å². The van der Waals surface area contributed by atoms with Gasteiger partial charge in [0.25, 0.3) is 5.91 Å². The Bertz CT molecular complexity index is 549. The predicted molar refractivity (Wildman–Crippen MR) is 73.8 cm³/mol. The molecular formula is C16H18N2O2. The van der Waals surface area contributed by atoms with Crippen molar-refractivity contribution in [2.24, 2.45) is 17.8 Å². The predicted octanol–water partition coefficient (Wildman–Crippen LogP) is 1.69. The van der Waals surface area contributed by atoms with Gasteiger partial charge >= 0.3 is 0 Å². The lowest BCUT2D eigenvalue weighted by atomic mass is 10.0. The third kappa shape index (κ3) is 2.30. The van der Waals surface area contributed by atoms with Gasteiger partial charge in [-0.3, -0.25) is 4.79 Å². The highest BCUT2D eigenvalue weighted by atomic mass is 16.3. The van der Waals surface area contributed by atoms with Crippen LogP contribution in [-0.2, 0) is 0 Å². The van der Waals surface area contributed by atoms with E-state index in [2.05, 4.69) is 5.32 Å². The van der Waals surface area contributed by atoms with Gasteiger partial charge in [0, 0.05) is 11.6 Å². The summed E-state index contributed by atoms with van der Waals surface area (Å²) in [5, 5.41) is 21.3. The minimum absolute atomic E-state index is 0.0903. The van der Waals surface area contributed by atoms with Crippen molar-refractivity contribution in [3.05, 3.63) is 35.4 Å². The molecule has 0 bridgehead atoms. The van der Waals surface area contributed by atoms with E-state index in [4.69, 9.17) is 5.26 Å². The molecule has 1 aromatic rings. The Labute approximate surface area is 118 Å². The fourth-order valence-electron chi connectivity index (χ4n) is 3.69. The number of aliphatic hydroxyl groups excluding tert-OH is 1. The molecule has 2 saturated carbocycles. The Kier molecular flexibility index (Phi) is 3.23. The first-order chi connectivity index (χ1) is 9.60. The number of carbonyl (C=O) groups is 1. The molecule has 2 fully saturated rings. The van der Waals surface area contributed by atoms with E-state index >= 15 is 0 Å². The minimum atomic E-state index is -0.136. The molecule has 3 rings (SSSR count). The van der Waals surface area contributed by atoms with Gasteiger partial charge in [0.1, 0.15) is 0 Å². The summed E-state index contributed by atoms with van der Waals surface area (Å²) < 4.78 is 0. The fraction of sp³-hybridized carbons (Fsp3) is 0.500. The zero-order chi connectivity index (χ0) is 14.3. The van der Waals surface area contributed by atoms with Gasteiger partial charge in [-0.25, -0.2) is 0 Å². The molecule has 0 aromatic heterocycles. The second-order valence-corrected chi connectivity index (χ2v) is 5.98. The second kappa shape index (κ2) is 4.92. The molecule has 5 atom stereocenters. The van der Waals surface area contributed by atoms with Crippen molar-refractivity contribution in [3.63, 3.8) is 0 Å². The lowest BCUT2D eigenvalue weighted by Crippen LogP contribution is -2.35. The van der Waals surface area contributed by atoms with Crippen LogP contribution < -0.4 is 5.32 Å². The number of carbonyl (C=O) groups excluding carboxylic acids is 1. The highest BCUT2D eigenvalue weighted by Crippen LogP contribution is 2.58. The summed E-state index contributed by atoms with van der Waals surface area (Å²) in [5.74, 6) is 1.59. The Balaban J connectivity index is 1.58. The third-order valence-electron chi connectivity index (χ3n) is 4.70. The number of hydrogen-bond acceptors (Lipinski definition) is 3. The summed E-state index contributed by atoms with van der Waals surface area (Å²) in [4.78, 5) is 12.1. The lowest BCUT2D eigenvalue weighted by Gasteiger charge is -2.17. The van der Waals surface area contributed by atoms with E-state index in [-0.39, 0.29) is 18.1 Å². The van der Waals surface area contributed by atoms with Crippen LogP contribution in [-0.4, -0.2) is 23.2 Å². The van der Waals surface area contributed by atoms with Gasteiger partial charge in [-0.05, 0) is 61.8 Å². The molecule has 1 amide bonds. The highest BCUT2D eigenvalue weighted by Gasteiger charge is 2.57. The van der Waals surface area contributed by atoms with Crippen molar-refractivity contribution in [2.75, 3.05) is 0 Å². The maximum atomic E-state index is 12.1. The Morgan fingerprint density at radius 1 is 1.35 bits per heavy atom. The van der Waals surface area contributed by atoms with Gasteiger partial charge in [-0.15, -0.1) is 0 Å². The van der Waals surface area contributed by atoms with Crippen LogP contribution in [0.15, 0.2) is 24.3 Å². The van der Waals surface area contributed by atoms with E-state index in [0.717, 1.165) is 12.8 Å². The number of nitrogens with one attached hydrogen (secondary N) is 1. The zero-order valence-corrected chi connectivity index (χ0v) is 11.4. The SMILES string of the molecule is C[C@@H](NC(=O)c1ccc(C#N)cc1)[C@H]1[C@@H]2C[C@@H](O)C[C@@H]21. The highest BCUT2D eigenvalue weighted by molar-refractivity contribution is 5.94. The number of benzene rings is 1. The summed E-state index contributed by atoms with van der Waals surface area (Å²) >= 11 is 0. The maximum Gasteiger partial charge on any atom is 0.251 e. The largest absolute Gasteiger partial charge is 0.393 e. The van der Waals surface area contributed by atoms with Crippen LogP contribution in [0.4, 0.5) is 0 Å². The van der Waals surface area contributed by atoms with Gasteiger partial charge < -0.3 is 10.4 Å². The third-order valence-corrected chi connectivity index (χ3v) is 4.70. The summed E-state index contributed by atoms with van der Waals surface area (Å²) in [7, 11) is 0. The van der Waals surface area contributed by atoms with Gasteiger partial charge in [0.2, 0.25) is 0 Å². The molecule has 104 valence electrons. The Morgan fingerprint density at radius 2 is 1.95 bits per heavy atom. The maximum absolute atomic E-state index is 12.1. The number of rotatable bonds is 3. The molecule has 4 nitrogen and oxygen atoms in total. The molecule has 0 spiro atoms. The van der Waals surface area contributed by atoms with Crippen molar-refractivity contribution in [1.29, 1.82) is 5.26 Å². The summed E-state index contributed by atoms with van der Waals surface area (Å²) in [6.45, 7) is 2.04. The number of nitrogens with zero attached hydrogens (tertiary/aromatic N) is 1. The van der Waals surface area contributed by atoms with Gasteiger partial charge in [-0.2, -0.15) is 5.26 Å². The quantitative estimate of drug-likeness (QED) is 0.878. The number of nitriles is 1. The normalized spacial score (nSPS) is 32.0. The van der Waals surface area contributed by atoms with Gasteiger partial charge in [0.05, 0.1) is 17.7 Å². The second-order valence-electron chi connectivity index (χ2n) is 5.98. The van der Waals surface area contributed by atoms with E-state index in [1.54, 1.807) is 24.3 Å². The summed E-state index contributed by atoms with van der Waals surface area (Å²) in [6, 6.07) is 8.84. The van der Waals surface area contributed by atoms with Crippen molar-refractivity contribution < 1.29 is 9.90 Å². The summed E-state index contributed by atoms with van der Waals surface area (Å²) in [6.07, 6.45) is 1.63. The average Bonchev–Trinajstić information content (AvgIpc) is 2.97.